The van der Waals surface area contributed by atoms with Crippen molar-refractivity contribution in [2.24, 2.45) is 0 Å². The van der Waals surface area contributed by atoms with Crippen molar-refractivity contribution in [3.63, 3.8) is 0 Å². The molecule has 12 heteroatoms. The molecular weight excluding hydrogens is 492 g/mol. The van der Waals surface area contributed by atoms with Gasteiger partial charge in [-0.25, -0.2) is 32.2 Å². The smallest absolute Gasteiger partial charge is 0.264 e. The zero-order valence-corrected chi connectivity index (χ0v) is 20.7. The normalized spacial score (nSPS) is 11.6. The largest absolute Gasteiger partial charge is 0.489 e. The summed E-state index contributed by atoms with van der Waals surface area (Å²) in [5.74, 6) is -1.61. The number of aromatic nitrogens is 3. The summed E-state index contributed by atoms with van der Waals surface area (Å²) in [4.78, 5) is 12.0. The van der Waals surface area contributed by atoms with Gasteiger partial charge in [-0.2, -0.15) is 0 Å². The summed E-state index contributed by atoms with van der Waals surface area (Å²) >= 11 is 0. The van der Waals surface area contributed by atoms with Gasteiger partial charge in [0.1, 0.15) is 33.5 Å². The predicted molar refractivity (Wildman–Crippen MR) is 131 cm³/mol. The van der Waals surface area contributed by atoms with Crippen LogP contribution in [0.5, 0.6) is 11.6 Å². The third-order valence-electron chi connectivity index (χ3n) is 5.14. The molecule has 36 heavy (non-hydrogen) atoms. The maximum Gasteiger partial charge on any atom is 0.264 e. The van der Waals surface area contributed by atoms with Gasteiger partial charge in [0.2, 0.25) is 11.8 Å². The average molecular weight is 516 g/mol. The molecular formula is C24H23F2N5O4S. The highest BCUT2D eigenvalue weighted by Crippen LogP contribution is 2.36. The number of sulfonamides is 1. The van der Waals surface area contributed by atoms with Gasteiger partial charge in [0, 0.05) is 23.2 Å². The second kappa shape index (κ2) is 9.53. The van der Waals surface area contributed by atoms with Crippen molar-refractivity contribution < 1.29 is 26.7 Å². The molecule has 0 unspecified atom stereocenters. The van der Waals surface area contributed by atoms with Crippen molar-refractivity contribution in [2.75, 3.05) is 17.6 Å². The number of nitrogens with zero attached hydrogens (tertiary/aromatic N) is 3. The Labute approximate surface area is 206 Å². The predicted octanol–water partition coefficient (Wildman–Crippen LogP) is 4.46. The molecule has 4 aromatic rings. The molecule has 0 aliphatic heterocycles. The van der Waals surface area contributed by atoms with Crippen LogP contribution in [0.3, 0.4) is 0 Å². The minimum Gasteiger partial charge on any atom is -0.489 e. The fraction of sp³-hybridized carbons (Fsp3) is 0.208. The number of anilines is 2. The van der Waals surface area contributed by atoms with E-state index in [0.717, 1.165) is 12.1 Å². The Morgan fingerprint density at radius 2 is 1.81 bits per heavy atom. The number of benzene rings is 2. The molecule has 0 aliphatic rings. The number of fused-ring (bicyclic) bond motifs is 1. The van der Waals surface area contributed by atoms with Gasteiger partial charge in [-0.3, -0.25) is 4.72 Å². The first-order valence-corrected chi connectivity index (χ1v) is 12.2. The van der Waals surface area contributed by atoms with Gasteiger partial charge in [-0.15, -0.1) is 0 Å². The Morgan fingerprint density at radius 3 is 2.47 bits per heavy atom. The maximum absolute atomic E-state index is 14.2. The highest BCUT2D eigenvalue weighted by Gasteiger charge is 2.23. The number of nitrogens with two attached hydrogens (primary N) is 1. The SMILES string of the molecule is COc1ncc(-c2cc(OC(C)C)c3nc(N)nc(C)c3c2)cc1NS(=O)(=O)c1ccc(F)cc1F. The van der Waals surface area contributed by atoms with Gasteiger partial charge in [-0.05, 0) is 56.7 Å². The molecule has 2 aromatic heterocycles. The van der Waals surface area contributed by atoms with Crippen LogP contribution in [0.4, 0.5) is 20.4 Å². The first-order chi connectivity index (χ1) is 17.0. The van der Waals surface area contributed by atoms with E-state index in [-0.39, 0.29) is 23.6 Å². The van der Waals surface area contributed by atoms with Gasteiger partial charge in [0.25, 0.3) is 10.0 Å². The Morgan fingerprint density at radius 1 is 1.06 bits per heavy atom. The summed E-state index contributed by atoms with van der Waals surface area (Å²) < 4.78 is 66.7. The lowest BCUT2D eigenvalue weighted by molar-refractivity contribution is 0.245. The lowest BCUT2D eigenvalue weighted by Gasteiger charge is -2.16. The summed E-state index contributed by atoms with van der Waals surface area (Å²) in [5.41, 5.74) is 8.07. The van der Waals surface area contributed by atoms with E-state index in [4.69, 9.17) is 15.2 Å². The standard InChI is InChI=1S/C24H23F2N5O4S/c1-12(2)35-20-9-14(7-17-13(3)29-24(27)30-22(17)20)15-8-19(23(34-4)28-11-15)31-36(32,33)21-6-5-16(25)10-18(21)26/h5-12,31H,1-4H3,(H2,27,29,30). The number of rotatable bonds is 7. The highest BCUT2D eigenvalue weighted by molar-refractivity contribution is 7.92. The van der Waals surface area contributed by atoms with Crippen molar-refractivity contribution in [1.82, 2.24) is 15.0 Å². The zero-order valence-electron chi connectivity index (χ0n) is 19.8. The van der Waals surface area contributed by atoms with Crippen LogP contribution in [0.2, 0.25) is 0 Å². The second-order valence-electron chi connectivity index (χ2n) is 8.17. The summed E-state index contributed by atoms with van der Waals surface area (Å²) in [6, 6.07) is 7.20. The van der Waals surface area contributed by atoms with E-state index in [2.05, 4.69) is 19.7 Å². The van der Waals surface area contributed by atoms with Gasteiger partial charge in [0.05, 0.1) is 18.9 Å². The first-order valence-electron chi connectivity index (χ1n) is 10.8. The molecule has 4 rings (SSSR count). The fourth-order valence-corrected chi connectivity index (χ4v) is 4.73. The van der Waals surface area contributed by atoms with E-state index in [1.807, 2.05) is 13.8 Å². The molecule has 0 saturated heterocycles. The number of hydrogen-bond acceptors (Lipinski definition) is 8. The molecule has 3 N–H and O–H groups in total. The number of aryl methyl sites for hydroxylation is 1. The maximum atomic E-state index is 14.2. The number of methoxy groups -OCH3 is 1. The van der Waals surface area contributed by atoms with Crippen molar-refractivity contribution in [3.8, 4) is 22.8 Å². The summed E-state index contributed by atoms with van der Waals surface area (Å²) in [6.07, 6.45) is 1.32. The minimum atomic E-state index is -4.43. The molecule has 0 atom stereocenters. The number of hydrogen-bond donors (Lipinski definition) is 2. The molecule has 0 aliphatic carbocycles. The van der Waals surface area contributed by atoms with E-state index in [1.165, 1.54) is 19.4 Å². The number of halogens is 2. The molecule has 9 nitrogen and oxygen atoms in total. The van der Waals surface area contributed by atoms with Crippen LogP contribution in [0.15, 0.2) is 47.5 Å². The van der Waals surface area contributed by atoms with Crippen molar-refractivity contribution >= 4 is 32.6 Å². The van der Waals surface area contributed by atoms with Gasteiger partial charge < -0.3 is 15.2 Å². The lowest BCUT2D eigenvalue weighted by Crippen LogP contribution is -2.16. The van der Waals surface area contributed by atoms with Crippen LogP contribution in [-0.2, 0) is 10.0 Å². The molecule has 188 valence electrons. The van der Waals surface area contributed by atoms with Crippen LogP contribution < -0.4 is 19.9 Å². The molecule has 0 saturated carbocycles. The van der Waals surface area contributed by atoms with E-state index >= 15 is 0 Å². The second-order valence-corrected chi connectivity index (χ2v) is 9.82. The Hall–Kier alpha value is -4.06. The number of pyridine rings is 1. The van der Waals surface area contributed by atoms with E-state index < -0.39 is 26.6 Å². The van der Waals surface area contributed by atoms with Crippen LogP contribution in [-0.4, -0.2) is 36.6 Å². The third-order valence-corrected chi connectivity index (χ3v) is 6.54. The quantitative estimate of drug-likeness (QED) is 0.369. The van der Waals surface area contributed by atoms with Crippen LogP contribution in [0.25, 0.3) is 22.0 Å². The van der Waals surface area contributed by atoms with E-state index in [9.17, 15) is 17.2 Å². The third kappa shape index (κ3) is 4.98. The average Bonchev–Trinajstić information content (AvgIpc) is 2.78. The van der Waals surface area contributed by atoms with Crippen molar-refractivity contribution in [1.29, 1.82) is 0 Å². The van der Waals surface area contributed by atoms with Gasteiger partial charge in [0.15, 0.2) is 0 Å². The topological polar surface area (TPSA) is 129 Å². The first kappa shape index (κ1) is 25.0. The Kier molecular flexibility index (Phi) is 6.63. The number of nitrogens with one attached hydrogen (secondary N) is 1. The number of nitrogen functional groups attached to an aromatic ring is 1. The summed E-state index contributed by atoms with van der Waals surface area (Å²) in [6.45, 7) is 5.52. The monoisotopic (exact) mass is 515 g/mol. The molecule has 0 fully saturated rings. The van der Waals surface area contributed by atoms with E-state index in [0.29, 0.717) is 39.5 Å². The molecule has 2 heterocycles. The zero-order chi connectivity index (χ0) is 26.2. The van der Waals surface area contributed by atoms with Crippen LogP contribution >= 0.6 is 0 Å². The van der Waals surface area contributed by atoms with Gasteiger partial charge in [-0.1, -0.05) is 0 Å². The highest BCUT2D eigenvalue weighted by atomic mass is 32.2. The molecule has 0 spiro atoms. The van der Waals surface area contributed by atoms with Crippen LogP contribution in [0.1, 0.15) is 19.5 Å². The number of ether oxygens (including phenoxy) is 2. The fourth-order valence-electron chi connectivity index (χ4n) is 3.62. The minimum absolute atomic E-state index is 0.0448. The van der Waals surface area contributed by atoms with Crippen molar-refractivity contribution in [2.45, 2.75) is 31.8 Å². The summed E-state index contributed by atoms with van der Waals surface area (Å²) in [7, 11) is -3.12. The van der Waals surface area contributed by atoms with Crippen molar-refractivity contribution in [3.05, 3.63) is 59.9 Å². The van der Waals surface area contributed by atoms with Crippen LogP contribution in [0, 0.1) is 18.6 Å². The Balaban J connectivity index is 1.84. The molecule has 2 aromatic carbocycles. The van der Waals surface area contributed by atoms with E-state index in [1.54, 1.807) is 19.1 Å². The van der Waals surface area contributed by atoms with Gasteiger partial charge >= 0.3 is 0 Å². The Bertz CT molecular complexity index is 1580. The molecule has 0 bridgehead atoms. The lowest BCUT2D eigenvalue weighted by atomic mass is 10.0. The summed E-state index contributed by atoms with van der Waals surface area (Å²) in [5, 5.41) is 0.684. The molecule has 0 amide bonds. The molecule has 0 radical (unpaired) electrons.